The molecule has 3 N–H and O–H groups in total. The van der Waals surface area contributed by atoms with Crippen LogP contribution in [0.4, 0.5) is 4.39 Å². The molecule has 0 aliphatic carbocycles. The van der Waals surface area contributed by atoms with E-state index in [1.54, 1.807) is 16.8 Å². The minimum atomic E-state index is -0.289. The van der Waals surface area contributed by atoms with Crippen LogP contribution in [0.15, 0.2) is 24.3 Å². The molecule has 2 rings (SSSR count). The van der Waals surface area contributed by atoms with Crippen molar-refractivity contribution in [2.75, 3.05) is 6.54 Å². The molecule has 1 unspecified atom stereocenters. The van der Waals surface area contributed by atoms with Gasteiger partial charge in [0.15, 0.2) is 0 Å². The van der Waals surface area contributed by atoms with Gasteiger partial charge in [-0.25, -0.2) is 9.07 Å². The first kappa shape index (κ1) is 22.1. The Morgan fingerprint density at radius 3 is 2.42 bits per heavy atom. The van der Waals surface area contributed by atoms with Crippen LogP contribution in [0.25, 0.3) is 5.69 Å². The number of nitrogens with two attached hydrogens (primary N) is 1. The van der Waals surface area contributed by atoms with Crippen LogP contribution in [-0.4, -0.2) is 28.3 Å². The summed E-state index contributed by atoms with van der Waals surface area (Å²) in [5, 5.41) is 7.51. The molecule has 0 bridgehead atoms. The minimum Gasteiger partial charge on any atom is -0.352 e. The molecule has 1 aromatic heterocycles. The monoisotopic (exact) mass is 382 g/mol. The van der Waals surface area contributed by atoms with Gasteiger partial charge in [0.1, 0.15) is 5.82 Å². The Balaban J connectivity index is 0.00000338. The highest BCUT2D eigenvalue weighted by Crippen LogP contribution is 2.19. The molecule has 0 aliphatic rings. The van der Waals surface area contributed by atoms with Crippen molar-refractivity contribution in [3.63, 3.8) is 0 Å². The molecular weight excluding hydrogens is 355 g/mol. The van der Waals surface area contributed by atoms with Crippen molar-refractivity contribution in [1.29, 1.82) is 0 Å². The molecule has 1 heterocycles. The largest absolute Gasteiger partial charge is 0.352 e. The van der Waals surface area contributed by atoms with E-state index >= 15 is 0 Å². The number of amides is 1. The topological polar surface area (TPSA) is 72.9 Å². The second kappa shape index (κ2) is 9.69. The number of halogens is 2. The second-order valence-corrected chi connectivity index (χ2v) is 6.84. The average molecular weight is 383 g/mol. The van der Waals surface area contributed by atoms with Gasteiger partial charge in [0.25, 0.3) is 0 Å². The molecule has 144 valence electrons. The van der Waals surface area contributed by atoms with Gasteiger partial charge in [-0.3, -0.25) is 4.79 Å². The Bertz CT molecular complexity index is 728. The summed E-state index contributed by atoms with van der Waals surface area (Å²) in [6.45, 7) is 8.44. The van der Waals surface area contributed by atoms with Gasteiger partial charge in [-0.15, -0.1) is 12.4 Å². The van der Waals surface area contributed by atoms with E-state index in [0.717, 1.165) is 29.1 Å². The van der Waals surface area contributed by atoms with E-state index in [9.17, 15) is 9.18 Å². The summed E-state index contributed by atoms with van der Waals surface area (Å²) >= 11 is 0. The summed E-state index contributed by atoms with van der Waals surface area (Å²) < 4.78 is 14.9. The lowest BCUT2D eigenvalue weighted by Crippen LogP contribution is -2.41. The van der Waals surface area contributed by atoms with E-state index < -0.39 is 0 Å². The highest BCUT2D eigenvalue weighted by Gasteiger charge is 2.18. The third-order valence-electron chi connectivity index (χ3n) is 4.26. The fraction of sp³-hybridized carbons (Fsp3) is 0.474. The zero-order valence-electron chi connectivity index (χ0n) is 15.8. The maximum atomic E-state index is 13.1. The molecule has 7 heteroatoms. The van der Waals surface area contributed by atoms with Gasteiger partial charge in [-0.1, -0.05) is 13.8 Å². The number of nitrogens with one attached hydrogen (secondary N) is 1. The van der Waals surface area contributed by atoms with Crippen LogP contribution in [0.3, 0.4) is 0 Å². The summed E-state index contributed by atoms with van der Waals surface area (Å²) in [5.74, 6) is 0.127. The Labute approximate surface area is 160 Å². The lowest BCUT2D eigenvalue weighted by molar-refractivity contribution is -0.121. The SMILES string of the molecule is Cc1nn(-c2ccc(F)cc2)c(C)c1CC(=O)NC(CN)CC(C)C.Cl. The highest BCUT2D eigenvalue weighted by molar-refractivity contribution is 5.85. The first-order chi connectivity index (χ1) is 11.8. The molecule has 5 nitrogen and oxygen atoms in total. The molecule has 0 saturated carbocycles. The molecule has 1 aromatic carbocycles. The smallest absolute Gasteiger partial charge is 0.224 e. The van der Waals surface area contributed by atoms with E-state index in [1.807, 2.05) is 13.8 Å². The number of rotatable bonds is 7. The van der Waals surface area contributed by atoms with Crippen molar-refractivity contribution in [2.24, 2.45) is 11.7 Å². The van der Waals surface area contributed by atoms with Crippen molar-refractivity contribution >= 4 is 18.3 Å². The maximum Gasteiger partial charge on any atom is 0.224 e. The fourth-order valence-electron chi connectivity index (χ4n) is 2.99. The third-order valence-corrected chi connectivity index (χ3v) is 4.26. The van der Waals surface area contributed by atoms with Gasteiger partial charge in [-0.2, -0.15) is 5.10 Å². The first-order valence-corrected chi connectivity index (χ1v) is 8.62. The molecule has 0 radical (unpaired) electrons. The van der Waals surface area contributed by atoms with Crippen molar-refractivity contribution < 1.29 is 9.18 Å². The normalized spacial score (nSPS) is 12.0. The summed E-state index contributed by atoms with van der Waals surface area (Å²) in [6.07, 6.45) is 1.11. The molecule has 1 atom stereocenters. The predicted octanol–water partition coefficient (Wildman–Crippen LogP) is 3.08. The number of carbonyl (C=O) groups excluding carboxylic acids is 1. The van der Waals surface area contributed by atoms with Gasteiger partial charge in [0, 0.05) is 23.8 Å². The average Bonchev–Trinajstić information content (AvgIpc) is 2.82. The third kappa shape index (κ3) is 5.54. The summed E-state index contributed by atoms with van der Waals surface area (Å²) in [5.41, 5.74) is 9.09. The van der Waals surface area contributed by atoms with Gasteiger partial charge in [-0.05, 0) is 50.5 Å². The van der Waals surface area contributed by atoms with Crippen LogP contribution < -0.4 is 11.1 Å². The summed E-state index contributed by atoms with van der Waals surface area (Å²) in [6, 6.07) is 6.13. The fourth-order valence-corrected chi connectivity index (χ4v) is 2.99. The summed E-state index contributed by atoms with van der Waals surface area (Å²) in [4.78, 5) is 12.4. The lowest BCUT2D eigenvalue weighted by Gasteiger charge is -2.18. The molecule has 0 saturated heterocycles. The highest BCUT2D eigenvalue weighted by atomic mass is 35.5. The molecule has 0 spiro atoms. The molecular formula is C19H28ClFN4O. The Morgan fingerprint density at radius 1 is 1.27 bits per heavy atom. The second-order valence-electron chi connectivity index (χ2n) is 6.84. The quantitative estimate of drug-likeness (QED) is 0.772. The zero-order valence-corrected chi connectivity index (χ0v) is 16.6. The maximum absolute atomic E-state index is 13.1. The molecule has 0 fully saturated rings. The molecule has 26 heavy (non-hydrogen) atoms. The minimum absolute atomic E-state index is 0. The van der Waals surface area contributed by atoms with Crippen LogP contribution in [0.5, 0.6) is 0 Å². The Hall–Kier alpha value is -1.92. The van der Waals surface area contributed by atoms with Gasteiger partial charge < -0.3 is 11.1 Å². The number of hydrogen-bond acceptors (Lipinski definition) is 3. The standard InChI is InChI=1S/C19H27FN4O.ClH/c1-12(2)9-16(11-21)22-19(25)10-18-13(3)23-24(14(18)4)17-7-5-15(20)6-8-17;/h5-8,12,16H,9-11,21H2,1-4H3,(H,22,25);1H. The van der Waals surface area contributed by atoms with Crippen LogP contribution in [0.1, 0.15) is 37.2 Å². The van der Waals surface area contributed by atoms with Gasteiger partial charge >= 0.3 is 0 Å². The molecule has 2 aromatic rings. The van der Waals surface area contributed by atoms with E-state index in [1.165, 1.54) is 12.1 Å². The Kier molecular flexibility index (Phi) is 8.24. The van der Waals surface area contributed by atoms with Crippen molar-refractivity contribution in [3.05, 3.63) is 47.0 Å². The van der Waals surface area contributed by atoms with Crippen molar-refractivity contribution in [2.45, 2.75) is 46.6 Å². The number of benzene rings is 1. The van der Waals surface area contributed by atoms with Crippen molar-refractivity contribution in [1.82, 2.24) is 15.1 Å². The first-order valence-electron chi connectivity index (χ1n) is 8.62. The van der Waals surface area contributed by atoms with Crippen LogP contribution in [0, 0.1) is 25.6 Å². The van der Waals surface area contributed by atoms with E-state index in [2.05, 4.69) is 24.3 Å². The van der Waals surface area contributed by atoms with E-state index in [0.29, 0.717) is 12.5 Å². The molecule has 0 aliphatic heterocycles. The molecule has 1 amide bonds. The number of nitrogens with zero attached hydrogens (tertiary/aromatic N) is 2. The Morgan fingerprint density at radius 2 is 1.88 bits per heavy atom. The zero-order chi connectivity index (χ0) is 18.6. The number of aryl methyl sites for hydroxylation is 1. The van der Waals surface area contributed by atoms with Gasteiger partial charge in [0.05, 0.1) is 17.8 Å². The van der Waals surface area contributed by atoms with Crippen molar-refractivity contribution in [3.8, 4) is 5.69 Å². The van der Waals surface area contributed by atoms with Crippen LogP contribution >= 0.6 is 12.4 Å². The van der Waals surface area contributed by atoms with Gasteiger partial charge in [0.2, 0.25) is 5.91 Å². The van der Waals surface area contributed by atoms with E-state index in [-0.39, 0.29) is 36.6 Å². The number of aromatic nitrogens is 2. The lowest BCUT2D eigenvalue weighted by atomic mass is 10.0. The number of hydrogen-bond donors (Lipinski definition) is 2. The van der Waals surface area contributed by atoms with Crippen LogP contribution in [-0.2, 0) is 11.2 Å². The predicted molar refractivity (Wildman–Crippen MR) is 104 cm³/mol. The number of carbonyl (C=O) groups is 1. The van der Waals surface area contributed by atoms with Crippen LogP contribution in [0.2, 0.25) is 0 Å². The summed E-state index contributed by atoms with van der Waals surface area (Å²) in [7, 11) is 0. The van der Waals surface area contributed by atoms with E-state index in [4.69, 9.17) is 5.73 Å².